The minimum atomic E-state index is -0.623. The summed E-state index contributed by atoms with van der Waals surface area (Å²) in [6, 6.07) is 13.5. The zero-order valence-electron chi connectivity index (χ0n) is 10.4. The molecule has 100 valence electrons. The molecule has 0 aliphatic rings. The summed E-state index contributed by atoms with van der Waals surface area (Å²) in [5, 5.41) is 10.4. The maximum Gasteiger partial charge on any atom is 0.133 e. The van der Waals surface area contributed by atoms with Gasteiger partial charge in [0.25, 0.3) is 0 Å². The van der Waals surface area contributed by atoms with Gasteiger partial charge in [0.05, 0.1) is 11.1 Å². The van der Waals surface area contributed by atoms with Crippen LogP contribution in [0.3, 0.4) is 0 Å². The quantitative estimate of drug-likeness (QED) is 0.719. The first-order valence-electron chi connectivity index (χ1n) is 5.97. The fourth-order valence-corrected chi connectivity index (χ4v) is 2.91. The molecule has 2 aromatic rings. The van der Waals surface area contributed by atoms with Crippen LogP contribution in [0.15, 0.2) is 46.9 Å². The highest BCUT2D eigenvalue weighted by Crippen LogP contribution is 2.31. The predicted octanol–water partition coefficient (Wildman–Crippen LogP) is 4.53. The van der Waals surface area contributed by atoms with Crippen LogP contribution >= 0.6 is 38.5 Å². The van der Waals surface area contributed by atoms with Gasteiger partial charge in [0.15, 0.2) is 0 Å². The van der Waals surface area contributed by atoms with Crippen molar-refractivity contribution >= 4 is 38.5 Å². The molecule has 0 saturated carbocycles. The van der Waals surface area contributed by atoms with E-state index < -0.39 is 6.10 Å². The van der Waals surface area contributed by atoms with E-state index in [1.807, 2.05) is 49.4 Å². The van der Waals surface area contributed by atoms with Gasteiger partial charge in [-0.2, -0.15) is 0 Å². The van der Waals surface area contributed by atoms with Crippen LogP contribution in [0, 0.1) is 3.57 Å². The fraction of sp³-hybridized carbons (Fsp3) is 0.200. The molecule has 0 heterocycles. The SMILES string of the molecule is CCOc1ccc(C(O)c2cccc(I)c2)cc1Br. The van der Waals surface area contributed by atoms with Crippen molar-refractivity contribution in [2.45, 2.75) is 13.0 Å². The van der Waals surface area contributed by atoms with Crippen LogP contribution in [-0.4, -0.2) is 11.7 Å². The number of hydrogen-bond acceptors (Lipinski definition) is 2. The Bertz CT molecular complexity index is 572. The Morgan fingerprint density at radius 1 is 1.21 bits per heavy atom. The van der Waals surface area contributed by atoms with E-state index in [-0.39, 0.29) is 0 Å². The molecule has 2 aromatic carbocycles. The molecule has 0 aliphatic heterocycles. The first kappa shape index (κ1) is 14.8. The maximum absolute atomic E-state index is 10.4. The molecule has 0 aromatic heterocycles. The number of ether oxygens (including phenoxy) is 1. The van der Waals surface area contributed by atoms with Crippen molar-refractivity contribution in [3.05, 3.63) is 61.6 Å². The van der Waals surface area contributed by atoms with Crippen molar-refractivity contribution < 1.29 is 9.84 Å². The first-order valence-corrected chi connectivity index (χ1v) is 7.84. The molecule has 0 amide bonds. The van der Waals surface area contributed by atoms with Gasteiger partial charge in [-0.3, -0.25) is 0 Å². The molecule has 0 spiro atoms. The molecule has 2 rings (SSSR count). The number of hydrogen-bond donors (Lipinski definition) is 1. The second kappa shape index (κ2) is 6.72. The van der Waals surface area contributed by atoms with Gasteiger partial charge in [0, 0.05) is 3.57 Å². The molecule has 0 fully saturated rings. The Balaban J connectivity index is 2.29. The Hall–Kier alpha value is -0.590. The van der Waals surface area contributed by atoms with Gasteiger partial charge in [-0.15, -0.1) is 0 Å². The van der Waals surface area contributed by atoms with Gasteiger partial charge in [-0.05, 0) is 80.8 Å². The zero-order valence-corrected chi connectivity index (χ0v) is 14.2. The lowest BCUT2D eigenvalue weighted by Gasteiger charge is -2.14. The number of aliphatic hydroxyl groups is 1. The van der Waals surface area contributed by atoms with E-state index in [2.05, 4.69) is 38.5 Å². The summed E-state index contributed by atoms with van der Waals surface area (Å²) in [6.07, 6.45) is -0.623. The minimum absolute atomic E-state index is 0.622. The zero-order chi connectivity index (χ0) is 13.8. The van der Waals surface area contributed by atoms with E-state index in [1.54, 1.807) is 0 Å². The van der Waals surface area contributed by atoms with Crippen LogP contribution in [0.1, 0.15) is 24.2 Å². The summed E-state index contributed by atoms with van der Waals surface area (Å²) >= 11 is 5.71. The highest BCUT2D eigenvalue weighted by atomic mass is 127. The number of benzene rings is 2. The molecule has 1 N–H and O–H groups in total. The van der Waals surface area contributed by atoms with Crippen LogP contribution in [0.2, 0.25) is 0 Å². The van der Waals surface area contributed by atoms with E-state index in [0.717, 1.165) is 24.9 Å². The lowest BCUT2D eigenvalue weighted by Crippen LogP contribution is -2.01. The highest BCUT2D eigenvalue weighted by molar-refractivity contribution is 14.1. The number of halogens is 2. The van der Waals surface area contributed by atoms with E-state index in [0.29, 0.717) is 6.61 Å². The largest absolute Gasteiger partial charge is 0.493 e. The summed E-state index contributed by atoms with van der Waals surface area (Å²) in [4.78, 5) is 0. The summed E-state index contributed by atoms with van der Waals surface area (Å²) in [7, 11) is 0. The summed E-state index contributed by atoms with van der Waals surface area (Å²) < 4.78 is 7.43. The van der Waals surface area contributed by atoms with E-state index >= 15 is 0 Å². The minimum Gasteiger partial charge on any atom is -0.493 e. The molecule has 0 aliphatic carbocycles. The van der Waals surface area contributed by atoms with Crippen LogP contribution in [0.4, 0.5) is 0 Å². The number of aliphatic hydroxyl groups excluding tert-OH is 1. The van der Waals surface area contributed by atoms with Gasteiger partial charge < -0.3 is 9.84 Å². The molecular weight excluding hydrogens is 419 g/mol. The van der Waals surface area contributed by atoms with Gasteiger partial charge in [0.2, 0.25) is 0 Å². The fourth-order valence-electron chi connectivity index (χ4n) is 1.83. The van der Waals surface area contributed by atoms with Crippen LogP contribution in [0.25, 0.3) is 0 Å². The van der Waals surface area contributed by atoms with Gasteiger partial charge in [-0.1, -0.05) is 18.2 Å². The molecule has 4 heteroatoms. The van der Waals surface area contributed by atoms with Crippen LogP contribution in [0.5, 0.6) is 5.75 Å². The molecule has 0 radical (unpaired) electrons. The van der Waals surface area contributed by atoms with Crippen molar-refractivity contribution in [2.24, 2.45) is 0 Å². The molecule has 0 saturated heterocycles. The number of rotatable bonds is 4. The van der Waals surface area contributed by atoms with Crippen molar-refractivity contribution in [1.29, 1.82) is 0 Å². The second-order valence-corrected chi connectivity index (χ2v) is 6.18. The lowest BCUT2D eigenvalue weighted by atomic mass is 10.0. The molecule has 0 bridgehead atoms. The maximum atomic E-state index is 10.4. The van der Waals surface area contributed by atoms with Gasteiger partial charge >= 0.3 is 0 Å². The average molecular weight is 433 g/mol. The topological polar surface area (TPSA) is 29.5 Å². The van der Waals surface area contributed by atoms with E-state index in [1.165, 1.54) is 0 Å². The molecule has 1 unspecified atom stereocenters. The van der Waals surface area contributed by atoms with Crippen LogP contribution in [-0.2, 0) is 0 Å². The Morgan fingerprint density at radius 2 is 1.95 bits per heavy atom. The molecule has 1 atom stereocenters. The monoisotopic (exact) mass is 432 g/mol. The van der Waals surface area contributed by atoms with Gasteiger partial charge in [-0.25, -0.2) is 0 Å². The normalized spacial score (nSPS) is 12.2. The third-order valence-corrected chi connectivity index (χ3v) is 4.03. The molecule has 2 nitrogen and oxygen atoms in total. The van der Waals surface area contributed by atoms with Gasteiger partial charge in [0.1, 0.15) is 11.9 Å². The Labute approximate surface area is 135 Å². The Kier molecular flexibility index (Phi) is 5.24. The lowest BCUT2D eigenvalue weighted by molar-refractivity contribution is 0.220. The van der Waals surface area contributed by atoms with Crippen molar-refractivity contribution in [3.63, 3.8) is 0 Å². The molecular formula is C15H14BrIO2. The standard InChI is InChI=1S/C15H14BrIO2/c1-2-19-14-7-6-11(9-13(14)16)15(18)10-4-3-5-12(17)8-10/h3-9,15,18H,2H2,1H3. The third-order valence-electron chi connectivity index (χ3n) is 2.74. The van der Waals surface area contributed by atoms with E-state index in [4.69, 9.17) is 4.74 Å². The molecule has 19 heavy (non-hydrogen) atoms. The van der Waals surface area contributed by atoms with Crippen molar-refractivity contribution in [2.75, 3.05) is 6.61 Å². The highest BCUT2D eigenvalue weighted by Gasteiger charge is 2.12. The summed E-state index contributed by atoms with van der Waals surface area (Å²) in [6.45, 7) is 2.57. The summed E-state index contributed by atoms with van der Waals surface area (Å²) in [5.74, 6) is 0.793. The third kappa shape index (κ3) is 3.70. The second-order valence-electron chi connectivity index (χ2n) is 4.08. The smallest absolute Gasteiger partial charge is 0.133 e. The van der Waals surface area contributed by atoms with Crippen molar-refractivity contribution in [1.82, 2.24) is 0 Å². The van der Waals surface area contributed by atoms with E-state index in [9.17, 15) is 5.11 Å². The van der Waals surface area contributed by atoms with Crippen molar-refractivity contribution in [3.8, 4) is 5.75 Å². The predicted molar refractivity (Wildman–Crippen MR) is 88.5 cm³/mol. The Morgan fingerprint density at radius 3 is 2.58 bits per heavy atom. The average Bonchev–Trinajstić information content (AvgIpc) is 2.40. The van der Waals surface area contributed by atoms with Crippen LogP contribution < -0.4 is 4.74 Å². The first-order chi connectivity index (χ1) is 9.11. The summed E-state index contributed by atoms with van der Waals surface area (Å²) in [5.41, 5.74) is 1.74.